The molecule has 0 radical (unpaired) electrons. The topological polar surface area (TPSA) is 99.1 Å². The first-order chi connectivity index (χ1) is 21.6. The lowest BCUT2D eigenvalue weighted by Crippen LogP contribution is -2.21. The van der Waals surface area contributed by atoms with Crippen LogP contribution in [0.25, 0.3) is 0 Å². The zero-order chi connectivity index (χ0) is 32.8. The van der Waals surface area contributed by atoms with Crippen LogP contribution in [0.1, 0.15) is 168 Å². The van der Waals surface area contributed by atoms with E-state index in [4.69, 9.17) is 14.2 Å². The molecule has 3 rings (SSSR count). The third kappa shape index (κ3) is 11.2. The summed E-state index contributed by atoms with van der Waals surface area (Å²) in [6.07, 6.45) is 16.1. The van der Waals surface area contributed by atoms with Crippen molar-refractivity contribution in [1.82, 2.24) is 0 Å². The van der Waals surface area contributed by atoms with Gasteiger partial charge in [0.05, 0.1) is 0 Å². The summed E-state index contributed by atoms with van der Waals surface area (Å²) in [5.41, 5.74) is 1.88. The largest absolute Gasteiger partial charge is 0.504 e. The molecule has 1 N–H and O–H groups in total. The van der Waals surface area contributed by atoms with Crippen molar-refractivity contribution in [2.75, 3.05) is 0 Å². The third-order valence-electron chi connectivity index (χ3n) is 8.41. The van der Waals surface area contributed by atoms with Gasteiger partial charge in [-0.05, 0) is 56.4 Å². The number of phenols is 1. The molecule has 7 nitrogen and oxygen atoms in total. The van der Waals surface area contributed by atoms with Crippen LogP contribution < -0.4 is 4.74 Å². The maximum Gasteiger partial charge on any atom is 0.343 e. The number of carbonyl (C=O) groups is 3. The number of phenolic OH excluding ortho intramolecular Hbond substituents is 1. The molecule has 0 fully saturated rings. The fourth-order valence-corrected chi connectivity index (χ4v) is 6.08. The molecular formula is C38H54O7. The minimum atomic E-state index is -0.703. The molecule has 1 unspecified atom stereocenters. The van der Waals surface area contributed by atoms with E-state index in [1.165, 1.54) is 71.1 Å². The molecule has 0 aromatic heterocycles. The van der Waals surface area contributed by atoms with E-state index in [0.29, 0.717) is 24.0 Å². The highest BCUT2D eigenvalue weighted by molar-refractivity contribution is 6.08. The first-order valence-electron chi connectivity index (χ1n) is 17.2. The van der Waals surface area contributed by atoms with Crippen LogP contribution in [0, 0.1) is 12.8 Å². The van der Waals surface area contributed by atoms with E-state index in [0.717, 1.165) is 24.8 Å². The summed E-state index contributed by atoms with van der Waals surface area (Å²) in [4.78, 5) is 39.4. The molecular weight excluding hydrogens is 568 g/mol. The highest BCUT2D eigenvalue weighted by Crippen LogP contribution is 2.42. The molecule has 1 aliphatic rings. The fourth-order valence-electron chi connectivity index (χ4n) is 6.08. The minimum absolute atomic E-state index is 0.0214. The van der Waals surface area contributed by atoms with E-state index in [9.17, 15) is 19.5 Å². The number of cyclic esters (lactones) is 1. The Balaban J connectivity index is 1.62. The number of fused-ring (bicyclic) bond motifs is 2. The van der Waals surface area contributed by atoms with Crippen molar-refractivity contribution in [1.29, 1.82) is 0 Å². The molecule has 2 aromatic rings. The van der Waals surface area contributed by atoms with Gasteiger partial charge in [0.1, 0.15) is 24.0 Å². The Morgan fingerprint density at radius 1 is 0.911 bits per heavy atom. The molecule has 0 amide bonds. The number of aryl methyl sites for hydroxylation is 1. The Labute approximate surface area is 270 Å². The van der Waals surface area contributed by atoms with Gasteiger partial charge in [-0.1, -0.05) is 104 Å². The fraction of sp³-hybridized carbons (Fsp3) is 0.605. The highest BCUT2D eigenvalue weighted by Gasteiger charge is 2.32. The number of benzene rings is 2. The molecule has 0 saturated heterocycles. The number of aromatic hydroxyl groups is 1. The molecule has 45 heavy (non-hydrogen) atoms. The second-order valence-corrected chi connectivity index (χ2v) is 13.0. The van der Waals surface area contributed by atoms with Gasteiger partial charge in [-0.25, -0.2) is 4.79 Å². The van der Waals surface area contributed by atoms with Crippen molar-refractivity contribution < 1.29 is 33.7 Å². The summed E-state index contributed by atoms with van der Waals surface area (Å²) in [7, 11) is 0. The minimum Gasteiger partial charge on any atom is -0.504 e. The maximum absolute atomic E-state index is 13.3. The predicted octanol–water partition coefficient (Wildman–Crippen LogP) is 10.5. The van der Waals surface area contributed by atoms with Crippen LogP contribution in [-0.2, 0) is 20.9 Å². The molecule has 1 atom stereocenters. The molecule has 0 aliphatic carbocycles. The summed E-state index contributed by atoms with van der Waals surface area (Å²) < 4.78 is 17.6. The quantitative estimate of drug-likeness (QED) is 0.0945. The van der Waals surface area contributed by atoms with E-state index in [1.54, 1.807) is 24.3 Å². The molecule has 0 bridgehead atoms. The number of unbranched alkanes of at least 4 members (excludes halogenated alkanes) is 12. The average molecular weight is 623 g/mol. The Morgan fingerprint density at radius 2 is 1.51 bits per heavy atom. The zero-order valence-electron chi connectivity index (χ0n) is 28.2. The lowest BCUT2D eigenvalue weighted by molar-refractivity contribution is -0.150. The summed E-state index contributed by atoms with van der Waals surface area (Å²) in [5.74, 6) is -1.01. The number of hydrogen-bond acceptors (Lipinski definition) is 7. The van der Waals surface area contributed by atoms with Crippen LogP contribution in [0.15, 0.2) is 24.3 Å². The van der Waals surface area contributed by atoms with Crippen molar-refractivity contribution in [2.45, 2.75) is 144 Å². The Morgan fingerprint density at radius 3 is 2.09 bits per heavy atom. The summed E-state index contributed by atoms with van der Waals surface area (Å²) in [5, 5.41) is 10.6. The molecule has 7 heteroatoms. The van der Waals surface area contributed by atoms with E-state index in [1.807, 2.05) is 20.8 Å². The van der Waals surface area contributed by atoms with E-state index in [-0.39, 0.29) is 52.7 Å². The van der Waals surface area contributed by atoms with E-state index in [2.05, 4.69) is 6.92 Å². The van der Waals surface area contributed by atoms with E-state index >= 15 is 0 Å². The number of rotatable bonds is 19. The van der Waals surface area contributed by atoms with Crippen LogP contribution in [0.2, 0.25) is 0 Å². The van der Waals surface area contributed by atoms with Gasteiger partial charge in [0.2, 0.25) is 0 Å². The van der Waals surface area contributed by atoms with Gasteiger partial charge in [-0.15, -0.1) is 0 Å². The summed E-state index contributed by atoms with van der Waals surface area (Å²) in [6, 6.07) is 6.61. The van der Waals surface area contributed by atoms with Gasteiger partial charge < -0.3 is 19.3 Å². The van der Waals surface area contributed by atoms with Gasteiger partial charge in [-0.2, -0.15) is 0 Å². The number of esters is 2. The molecule has 0 saturated carbocycles. The summed E-state index contributed by atoms with van der Waals surface area (Å²) in [6.45, 7) is 9.38. The van der Waals surface area contributed by atoms with Gasteiger partial charge in [0.15, 0.2) is 17.3 Å². The maximum atomic E-state index is 13.3. The number of ether oxygens (including phenoxy) is 3. The number of Topliss-reactive ketones (excluding diaryl/α,β-unsaturated/α-hetero) is 1. The first kappa shape index (κ1) is 36.1. The van der Waals surface area contributed by atoms with Gasteiger partial charge in [0, 0.05) is 23.1 Å². The Kier molecular flexibility index (Phi) is 14.9. The van der Waals surface area contributed by atoms with Crippen LogP contribution in [0.3, 0.4) is 0 Å². The van der Waals surface area contributed by atoms with Crippen molar-refractivity contribution >= 4 is 17.7 Å². The highest BCUT2D eigenvalue weighted by atomic mass is 16.5. The van der Waals surface area contributed by atoms with Crippen molar-refractivity contribution in [3.8, 4) is 17.2 Å². The number of carbonyl (C=O) groups excluding carboxylic acids is 3. The standard InChI is InChI=1S/C38H54O7/c1-6-7-8-9-10-11-12-13-14-15-16-17-18-19-34(41)44-33(22-26(2)3)30-20-21-32-36(35(30)28(5)39)38(42)43-25-29-23-27(4)24-31(40)37(29)45-32/h20-21,23-24,26,33,40H,6-19,22,25H2,1-5H3. The number of ketones is 1. The average Bonchev–Trinajstić information content (AvgIpc) is 2.98. The van der Waals surface area contributed by atoms with Gasteiger partial charge in [-0.3, -0.25) is 9.59 Å². The Hall–Kier alpha value is -3.35. The van der Waals surface area contributed by atoms with E-state index < -0.39 is 12.1 Å². The Bertz CT molecular complexity index is 1280. The molecule has 1 heterocycles. The summed E-state index contributed by atoms with van der Waals surface area (Å²) >= 11 is 0. The van der Waals surface area contributed by atoms with Crippen molar-refractivity contribution in [3.63, 3.8) is 0 Å². The van der Waals surface area contributed by atoms with Gasteiger partial charge >= 0.3 is 11.9 Å². The van der Waals surface area contributed by atoms with Crippen LogP contribution >= 0.6 is 0 Å². The molecule has 248 valence electrons. The molecule has 0 spiro atoms. The first-order valence-corrected chi connectivity index (χ1v) is 17.2. The van der Waals surface area contributed by atoms with Crippen LogP contribution in [0.5, 0.6) is 17.2 Å². The third-order valence-corrected chi connectivity index (χ3v) is 8.41. The predicted molar refractivity (Wildman–Crippen MR) is 177 cm³/mol. The zero-order valence-corrected chi connectivity index (χ0v) is 28.2. The monoisotopic (exact) mass is 622 g/mol. The normalized spacial score (nSPS) is 13.2. The smallest absolute Gasteiger partial charge is 0.343 e. The lowest BCUT2D eigenvalue weighted by Gasteiger charge is -2.26. The second kappa shape index (κ2) is 18.6. The second-order valence-electron chi connectivity index (χ2n) is 13.0. The van der Waals surface area contributed by atoms with Crippen LogP contribution in [0.4, 0.5) is 0 Å². The molecule has 1 aliphatic heterocycles. The van der Waals surface area contributed by atoms with Crippen molar-refractivity contribution in [2.24, 2.45) is 5.92 Å². The van der Waals surface area contributed by atoms with Crippen molar-refractivity contribution in [3.05, 3.63) is 52.1 Å². The lowest BCUT2D eigenvalue weighted by atomic mass is 9.90. The SMILES string of the molecule is CCCCCCCCCCCCCCCC(=O)OC(CC(C)C)c1ccc2c(c1C(C)=O)C(=O)OCc1cc(C)cc(O)c1O2. The van der Waals surface area contributed by atoms with Gasteiger partial charge in [0.25, 0.3) is 0 Å². The van der Waals surface area contributed by atoms with Crippen LogP contribution in [-0.4, -0.2) is 22.8 Å². The number of hydrogen-bond donors (Lipinski definition) is 1. The molecule has 2 aromatic carbocycles.